The number of pyridine rings is 1. The number of benzene rings is 1. The average Bonchev–Trinajstić information content (AvgIpc) is 3.87. The van der Waals surface area contributed by atoms with Crippen molar-refractivity contribution in [2.24, 2.45) is 11.8 Å². The molecule has 1 saturated carbocycles. The first kappa shape index (κ1) is 31.0. The van der Waals surface area contributed by atoms with Gasteiger partial charge in [-0.15, -0.1) is 0 Å². The Kier molecular flexibility index (Phi) is 9.50. The zero-order valence-corrected chi connectivity index (χ0v) is 24.2. The summed E-state index contributed by atoms with van der Waals surface area (Å²) in [6.45, 7) is -0.0452. The summed E-state index contributed by atoms with van der Waals surface area (Å²) in [6, 6.07) is 9.81. The second-order valence-corrected chi connectivity index (χ2v) is 11.1. The number of carbonyl (C=O) groups excluding carboxylic acids is 1. The molecule has 234 valence electrons. The second kappa shape index (κ2) is 13.5. The van der Waals surface area contributed by atoms with E-state index < -0.39 is 24.6 Å². The molecular weight excluding hydrogens is 579 g/mol. The molecule has 1 unspecified atom stereocenters. The Morgan fingerprint density at radius 1 is 1.05 bits per heavy atom. The van der Waals surface area contributed by atoms with Gasteiger partial charge in [0.25, 0.3) is 5.91 Å². The molecule has 10 nitrogen and oxygen atoms in total. The number of carbonyl (C=O) groups is 2. The number of aliphatic carboxylic acids is 1. The van der Waals surface area contributed by atoms with Gasteiger partial charge in [0.1, 0.15) is 12.3 Å². The van der Waals surface area contributed by atoms with Crippen LogP contribution in [-0.2, 0) is 4.79 Å². The summed E-state index contributed by atoms with van der Waals surface area (Å²) in [5.41, 5.74) is 1.48. The molecule has 44 heavy (non-hydrogen) atoms. The highest BCUT2D eigenvalue weighted by molar-refractivity contribution is 6.09. The van der Waals surface area contributed by atoms with Crippen molar-refractivity contribution in [2.75, 3.05) is 43.2 Å². The topological polar surface area (TPSA) is 118 Å². The van der Waals surface area contributed by atoms with Crippen molar-refractivity contribution in [1.29, 1.82) is 0 Å². The number of ether oxygens (including phenoxy) is 2. The van der Waals surface area contributed by atoms with Crippen molar-refractivity contribution >= 4 is 23.5 Å². The van der Waals surface area contributed by atoms with E-state index in [4.69, 9.17) is 9.47 Å². The van der Waals surface area contributed by atoms with Crippen LogP contribution in [-0.4, -0.2) is 71.5 Å². The molecule has 0 radical (unpaired) electrons. The highest BCUT2D eigenvalue weighted by atomic mass is 19.4. The zero-order chi connectivity index (χ0) is 31.3. The molecule has 2 aromatic heterocycles. The predicted molar refractivity (Wildman–Crippen MR) is 155 cm³/mol. The van der Waals surface area contributed by atoms with Crippen LogP contribution in [0.25, 0.3) is 0 Å². The van der Waals surface area contributed by atoms with Gasteiger partial charge in [-0.05, 0) is 73.3 Å². The molecule has 1 aliphatic carbocycles. The molecule has 5 rings (SSSR count). The number of rotatable bonds is 12. The van der Waals surface area contributed by atoms with Crippen molar-refractivity contribution in [3.63, 3.8) is 0 Å². The van der Waals surface area contributed by atoms with Crippen LogP contribution in [0.15, 0.2) is 55.0 Å². The maximum absolute atomic E-state index is 13.6. The Morgan fingerprint density at radius 3 is 2.41 bits per heavy atom. The smallest absolute Gasteiger partial charge is 0.406 e. The molecule has 3 aromatic rings. The van der Waals surface area contributed by atoms with Crippen LogP contribution in [0, 0.1) is 11.8 Å². The third-order valence-electron chi connectivity index (χ3n) is 8.01. The highest BCUT2D eigenvalue weighted by Crippen LogP contribution is 2.45. The third-order valence-corrected chi connectivity index (χ3v) is 8.01. The van der Waals surface area contributed by atoms with Gasteiger partial charge in [0.2, 0.25) is 11.8 Å². The number of aromatic nitrogens is 3. The zero-order valence-electron chi connectivity index (χ0n) is 24.2. The fraction of sp³-hybridized carbons (Fsp3) is 0.452. The Morgan fingerprint density at radius 2 is 1.77 bits per heavy atom. The summed E-state index contributed by atoms with van der Waals surface area (Å²) in [4.78, 5) is 39.6. The van der Waals surface area contributed by atoms with Crippen molar-refractivity contribution in [2.45, 2.75) is 44.2 Å². The van der Waals surface area contributed by atoms with E-state index in [1.54, 1.807) is 18.3 Å². The van der Waals surface area contributed by atoms with Crippen LogP contribution < -0.4 is 19.3 Å². The molecule has 0 spiro atoms. The number of anilines is 2. The fourth-order valence-corrected chi connectivity index (χ4v) is 5.59. The number of hydrogen-bond acceptors (Lipinski definition) is 8. The van der Waals surface area contributed by atoms with Crippen molar-refractivity contribution < 1.29 is 37.3 Å². The summed E-state index contributed by atoms with van der Waals surface area (Å²) >= 11 is 0. The van der Waals surface area contributed by atoms with Gasteiger partial charge >= 0.3 is 12.1 Å². The molecule has 1 saturated heterocycles. The van der Waals surface area contributed by atoms with E-state index in [1.807, 2.05) is 17.0 Å². The van der Waals surface area contributed by atoms with Gasteiger partial charge in [-0.2, -0.15) is 13.2 Å². The molecule has 3 heterocycles. The first-order valence-corrected chi connectivity index (χ1v) is 14.5. The predicted octanol–water partition coefficient (Wildman–Crippen LogP) is 5.35. The summed E-state index contributed by atoms with van der Waals surface area (Å²) in [5.74, 6) is -0.601. The van der Waals surface area contributed by atoms with Crippen molar-refractivity contribution in [3.8, 4) is 11.6 Å². The van der Waals surface area contributed by atoms with Gasteiger partial charge in [0.15, 0.2) is 0 Å². The number of amides is 1. The van der Waals surface area contributed by atoms with Crippen LogP contribution >= 0.6 is 0 Å². The van der Waals surface area contributed by atoms with E-state index in [9.17, 15) is 27.9 Å². The SMILES string of the molecule is COc1ccc(C(=O)N(CC(F)(F)F)c2ncccn2)c(N2CCC(COc3cc(C(CC(=O)O)C4CC4)ccn3)CC2)c1. The van der Waals surface area contributed by atoms with E-state index in [0.717, 1.165) is 18.4 Å². The Labute approximate surface area is 252 Å². The Balaban J connectivity index is 1.26. The molecule has 1 amide bonds. The van der Waals surface area contributed by atoms with Crippen LogP contribution in [0.4, 0.5) is 24.8 Å². The number of carboxylic acids is 1. The number of nitrogens with zero attached hydrogens (tertiary/aromatic N) is 5. The Hall–Kier alpha value is -4.42. The van der Waals surface area contributed by atoms with Gasteiger partial charge in [0, 0.05) is 43.8 Å². The number of methoxy groups -OCH3 is 1. The molecule has 1 aliphatic heterocycles. The largest absolute Gasteiger partial charge is 0.497 e. The van der Waals surface area contributed by atoms with Gasteiger partial charge < -0.3 is 19.5 Å². The van der Waals surface area contributed by atoms with E-state index in [2.05, 4.69) is 15.0 Å². The quantitative estimate of drug-likeness (QED) is 0.288. The average molecular weight is 614 g/mol. The standard InChI is InChI=1S/C31H34F3N5O5/c1-43-23-5-6-24(29(42)39(19-31(32,33)34)30-36-10-2-11-37-30)26(16-23)38-13-8-20(9-14-38)18-44-27-15-22(7-12-35-27)25(17-28(40)41)21-3-4-21/h2,5-7,10-12,15-16,20-21,25H,3-4,8-9,13-14,17-19H2,1H3,(H,40,41). The van der Waals surface area contributed by atoms with Crippen LogP contribution in [0.1, 0.15) is 53.9 Å². The van der Waals surface area contributed by atoms with E-state index in [0.29, 0.717) is 60.7 Å². The summed E-state index contributed by atoms with van der Waals surface area (Å²) < 4.78 is 51.9. The monoisotopic (exact) mass is 613 g/mol. The lowest BCUT2D eigenvalue weighted by Gasteiger charge is -2.35. The van der Waals surface area contributed by atoms with Gasteiger partial charge in [0.05, 0.1) is 31.4 Å². The molecular formula is C31H34F3N5O5. The van der Waals surface area contributed by atoms with E-state index in [-0.39, 0.29) is 29.8 Å². The first-order chi connectivity index (χ1) is 21.1. The van der Waals surface area contributed by atoms with Gasteiger partial charge in [-0.1, -0.05) is 0 Å². The van der Waals surface area contributed by atoms with Gasteiger partial charge in [-0.3, -0.25) is 14.5 Å². The van der Waals surface area contributed by atoms with E-state index >= 15 is 0 Å². The van der Waals surface area contributed by atoms with Crippen LogP contribution in [0.2, 0.25) is 0 Å². The number of piperidine rings is 1. The summed E-state index contributed by atoms with van der Waals surface area (Å²) in [5, 5.41) is 9.34. The molecule has 0 bridgehead atoms. The lowest BCUT2D eigenvalue weighted by molar-refractivity contribution is -0.137. The van der Waals surface area contributed by atoms with Gasteiger partial charge in [-0.25, -0.2) is 15.0 Å². The molecule has 13 heteroatoms. The second-order valence-electron chi connectivity index (χ2n) is 11.1. The third kappa shape index (κ3) is 7.94. The summed E-state index contributed by atoms with van der Waals surface area (Å²) in [6.07, 6.45) is 3.10. The normalized spacial score (nSPS) is 16.3. The Bertz CT molecular complexity index is 1450. The number of halogens is 3. The number of hydrogen-bond donors (Lipinski definition) is 1. The molecule has 1 aromatic carbocycles. The maximum atomic E-state index is 13.6. The minimum absolute atomic E-state index is 0.0543. The molecule has 2 fully saturated rings. The lowest BCUT2D eigenvalue weighted by Crippen LogP contribution is -2.42. The first-order valence-electron chi connectivity index (χ1n) is 14.5. The van der Waals surface area contributed by atoms with Crippen molar-refractivity contribution in [1.82, 2.24) is 15.0 Å². The lowest BCUT2D eigenvalue weighted by atomic mass is 9.92. The molecule has 1 N–H and O–H groups in total. The minimum Gasteiger partial charge on any atom is -0.497 e. The molecule has 2 aliphatic rings. The fourth-order valence-electron chi connectivity index (χ4n) is 5.59. The highest BCUT2D eigenvalue weighted by Gasteiger charge is 2.37. The summed E-state index contributed by atoms with van der Waals surface area (Å²) in [7, 11) is 1.48. The van der Waals surface area contributed by atoms with E-state index in [1.165, 1.54) is 31.6 Å². The molecule has 1 atom stereocenters. The number of alkyl halides is 3. The number of carboxylic acid groups (broad SMARTS) is 1. The van der Waals surface area contributed by atoms with Crippen LogP contribution in [0.3, 0.4) is 0 Å². The van der Waals surface area contributed by atoms with Crippen molar-refractivity contribution in [3.05, 3.63) is 66.1 Å². The minimum atomic E-state index is -4.66. The maximum Gasteiger partial charge on any atom is 0.406 e. The van der Waals surface area contributed by atoms with Crippen LogP contribution in [0.5, 0.6) is 11.6 Å².